The van der Waals surface area contributed by atoms with Crippen molar-refractivity contribution in [2.75, 3.05) is 39.5 Å². The molecular weight excluding hydrogens is 411 g/mol. The first-order valence-corrected chi connectivity index (χ1v) is 10.9. The molecule has 0 aliphatic rings. The van der Waals surface area contributed by atoms with Crippen molar-refractivity contribution in [3.05, 3.63) is 65.0 Å². The van der Waals surface area contributed by atoms with Crippen molar-refractivity contribution in [3.63, 3.8) is 0 Å². The summed E-state index contributed by atoms with van der Waals surface area (Å²) >= 11 is 0. The van der Waals surface area contributed by atoms with Crippen molar-refractivity contribution >= 4 is 11.9 Å². The number of halogens is 1. The molecular formula is C24H33FN4O3. The summed E-state index contributed by atoms with van der Waals surface area (Å²) in [6.45, 7) is 9.52. The maximum absolute atomic E-state index is 13.7. The standard InChI is InChI=1S/C24H33FN4O3/c1-4-26-24(28-13-12-27-23(30)20-8-6-7-9-21(20)25)29-17-19-11-10-18(3)16-22(19)32-15-14-31-5-2/h6-11,16H,4-5,12-15,17H2,1-3H3,(H,27,30)(H2,26,28,29). The van der Waals surface area contributed by atoms with Gasteiger partial charge in [0.25, 0.3) is 5.91 Å². The molecule has 1 amide bonds. The van der Waals surface area contributed by atoms with Gasteiger partial charge in [-0.1, -0.05) is 24.3 Å². The second kappa shape index (κ2) is 14.0. The number of hydrogen-bond donors (Lipinski definition) is 3. The Kier molecular flexibility index (Phi) is 11.0. The first-order chi connectivity index (χ1) is 15.5. The molecule has 3 N–H and O–H groups in total. The molecule has 0 aromatic heterocycles. The predicted octanol–water partition coefficient (Wildman–Crippen LogP) is 3.03. The van der Waals surface area contributed by atoms with Crippen LogP contribution in [0, 0.1) is 12.7 Å². The van der Waals surface area contributed by atoms with Gasteiger partial charge in [-0.3, -0.25) is 4.79 Å². The lowest BCUT2D eigenvalue weighted by atomic mass is 10.1. The van der Waals surface area contributed by atoms with Gasteiger partial charge in [0.1, 0.15) is 18.2 Å². The van der Waals surface area contributed by atoms with Crippen LogP contribution in [0.5, 0.6) is 5.75 Å². The Labute approximate surface area is 189 Å². The first kappa shape index (κ1) is 25.1. The third kappa shape index (κ3) is 8.55. The zero-order valence-electron chi connectivity index (χ0n) is 19.0. The summed E-state index contributed by atoms with van der Waals surface area (Å²) in [6.07, 6.45) is 0. The summed E-state index contributed by atoms with van der Waals surface area (Å²) in [7, 11) is 0. The number of nitrogens with one attached hydrogen (secondary N) is 3. The average Bonchev–Trinajstić information content (AvgIpc) is 2.79. The molecule has 174 valence electrons. The normalized spacial score (nSPS) is 11.2. The number of carbonyl (C=O) groups excluding carboxylic acids is 1. The van der Waals surface area contributed by atoms with Gasteiger partial charge in [0.2, 0.25) is 0 Å². The number of benzene rings is 2. The Morgan fingerprint density at radius 3 is 2.56 bits per heavy atom. The largest absolute Gasteiger partial charge is 0.491 e. The fourth-order valence-corrected chi connectivity index (χ4v) is 2.89. The van der Waals surface area contributed by atoms with Crippen LogP contribution >= 0.6 is 0 Å². The van der Waals surface area contributed by atoms with Crippen molar-refractivity contribution in [2.24, 2.45) is 4.99 Å². The minimum absolute atomic E-state index is 0.0318. The van der Waals surface area contributed by atoms with Crippen molar-refractivity contribution in [3.8, 4) is 5.75 Å². The first-order valence-electron chi connectivity index (χ1n) is 10.9. The molecule has 0 aliphatic heterocycles. The van der Waals surface area contributed by atoms with E-state index in [1.54, 1.807) is 12.1 Å². The van der Waals surface area contributed by atoms with Crippen molar-refractivity contribution < 1.29 is 18.7 Å². The SMILES string of the molecule is CCNC(=NCc1ccc(C)cc1OCCOCC)NCCNC(=O)c1ccccc1F. The quantitative estimate of drug-likeness (QED) is 0.266. The highest BCUT2D eigenvalue weighted by molar-refractivity contribution is 5.94. The van der Waals surface area contributed by atoms with E-state index < -0.39 is 11.7 Å². The molecule has 8 heteroatoms. The van der Waals surface area contributed by atoms with Gasteiger partial charge in [-0.05, 0) is 44.5 Å². The second-order valence-electron chi connectivity index (χ2n) is 7.01. The molecule has 0 saturated heterocycles. The van der Waals surface area contributed by atoms with Gasteiger partial charge in [0, 0.05) is 31.8 Å². The van der Waals surface area contributed by atoms with E-state index in [0.29, 0.717) is 52.0 Å². The summed E-state index contributed by atoms with van der Waals surface area (Å²) in [4.78, 5) is 16.7. The number of ether oxygens (including phenoxy) is 2. The van der Waals surface area contributed by atoms with Crippen LogP contribution in [-0.4, -0.2) is 51.3 Å². The Morgan fingerprint density at radius 1 is 1.03 bits per heavy atom. The fourth-order valence-electron chi connectivity index (χ4n) is 2.89. The van der Waals surface area contributed by atoms with Gasteiger partial charge in [-0.25, -0.2) is 9.38 Å². The number of nitrogens with zero attached hydrogens (tertiary/aromatic N) is 1. The lowest BCUT2D eigenvalue weighted by Gasteiger charge is -2.14. The minimum atomic E-state index is -0.537. The van der Waals surface area contributed by atoms with E-state index in [4.69, 9.17) is 9.47 Å². The summed E-state index contributed by atoms with van der Waals surface area (Å²) < 4.78 is 24.9. The highest BCUT2D eigenvalue weighted by atomic mass is 19.1. The zero-order chi connectivity index (χ0) is 23.2. The molecule has 2 aromatic carbocycles. The van der Waals surface area contributed by atoms with Crippen LogP contribution in [0.3, 0.4) is 0 Å². The Bertz CT molecular complexity index is 889. The number of carbonyl (C=O) groups is 1. The van der Waals surface area contributed by atoms with E-state index in [-0.39, 0.29) is 5.56 Å². The Morgan fingerprint density at radius 2 is 1.81 bits per heavy atom. The van der Waals surface area contributed by atoms with E-state index in [2.05, 4.69) is 20.9 Å². The summed E-state index contributed by atoms with van der Waals surface area (Å²) in [5.41, 5.74) is 2.11. The zero-order valence-corrected chi connectivity index (χ0v) is 19.0. The summed E-state index contributed by atoms with van der Waals surface area (Å²) in [5, 5.41) is 9.05. The van der Waals surface area contributed by atoms with Crippen LogP contribution < -0.4 is 20.7 Å². The number of guanidine groups is 1. The highest BCUT2D eigenvalue weighted by Crippen LogP contribution is 2.21. The van der Waals surface area contributed by atoms with Gasteiger partial charge in [-0.2, -0.15) is 0 Å². The molecule has 0 saturated carbocycles. The second-order valence-corrected chi connectivity index (χ2v) is 7.01. The van der Waals surface area contributed by atoms with E-state index in [1.165, 1.54) is 12.1 Å². The Balaban J connectivity index is 1.89. The van der Waals surface area contributed by atoms with E-state index in [0.717, 1.165) is 16.9 Å². The molecule has 2 aromatic rings. The van der Waals surface area contributed by atoms with Gasteiger partial charge >= 0.3 is 0 Å². The van der Waals surface area contributed by atoms with E-state index in [9.17, 15) is 9.18 Å². The Hall–Kier alpha value is -3.13. The lowest BCUT2D eigenvalue weighted by Crippen LogP contribution is -2.41. The summed E-state index contributed by atoms with van der Waals surface area (Å²) in [6, 6.07) is 11.9. The van der Waals surface area contributed by atoms with Crippen LogP contribution in [0.25, 0.3) is 0 Å². The van der Waals surface area contributed by atoms with Gasteiger partial charge in [0.15, 0.2) is 5.96 Å². The molecule has 0 radical (unpaired) electrons. The number of amides is 1. The van der Waals surface area contributed by atoms with E-state index in [1.807, 2.05) is 39.0 Å². The predicted molar refractivity (Wildman–Crippen MR) is 125 cm³/mol. The van der Waals surface area contributed by atoms with Gasteiger partial charge in [-0.15, -0.1) is 0 Å². The number of aryl methyl sites for hydroxylation is 1. The van der Waals surface area contributed by atoms with Crippen LogP contribution in [0.4, 0.5) is 4.39 Å². The maximum Gasteiger partial charge on any atom is 0.254 e. The van der Waals surface area contributed by atoms with Crippen LogP contribution in [-0.2, 0) is 11.3 Å². The van der Waals surface area contributed by atoms with E-state index >= 15 is 0 Å². The van der Waals surface area contributed by atoms with Crippen molar-refractivity contribution in [2.45, 2.75) is 27.3 Å². The topological polar surface area (TPSA) is 84.0 Å². The minimum Gasteiger partial charge on any atom is -0.491 e. The maximum atomic E-state index is 13.7. The third-order valence-corrected chi connectivity index (χ3v) is 4.49. The van der Waals surface area contributed by atoms with Crippen LogP contribution in [0.1, 0.15) is 35.3 Å². The lowest BCUT2D eigenvalue weighted by molar-refractivity contribution is 0.0950. The van der Waals surface area contributed by atoms with Gasteiger partial charge < -0.3 is 25.4 Å². The number of hydrogen-bond acceptors (Lipinski definition) is 4. The average molecular weight is 445 g/mol. The molecule has 0 fully saturated rings. The van der Waals surface area contributed by atoms with Crippen molar-refractivity contribution in [1.29, 1.82) is 0 Å². The molecule has 0 spiro atoms. The van der Waals surface area contributed by atoms with Crippen LogP contribution in [0.2, 0.25) is 0 Å². The fraction of sp³-hybridized carbons (Fsp3) is 0.417. The smallest absolute Gasteiger partial charge is 0.254 e. The number of rotatable bonds is 12. The molecule has 2 rings (SSSR count). The molecule has 0 heterocycles. The molecule has 32 heavy (non-hydrogen) atoms. The summed E-state index contributed by atoms with van der Waals surface area (Å²) in [5.74, 6) is 0.431. The molecule has 0 aliphatic carbocycles. The van der Waals surface area contributed by atoms with Gasteiger partial charge in [0.05, 0.1) is 18.7 Å². The van der Waals surface area contributed by atoms with Crippen LogP contribution in [0.15, 0.2) is 47.5 Å². The molecule has 0 atom stereocenters. The third-order valence-electron chi connectivity index (χ3n) is 4.49. The molecule has 0 unspecified atom stereocenters. The highest BCUT2D eigenvalue weighted by Gasteiger charge is 2.10. The molecule has 7 nitrogen and oxygen atoms in total. The molecule has 0 bridgehead atoms. The number of aliphatic imine (C=N–C) groups is 1. The van der Waals surface area contributed by atoms with Crippen molar-refractivity contribution in [1.82, 2.24) is 16.0 Å². The monoisotopic (exact) mass is 444 g/mol.